The molecule has 0 amide bonds. The summed E-state index contributed by atoms with van der Waals surface area (Å²) in [6.07, 6.45) is 1.63. The van der Waals surface area contributed by atoms with Crippen LogP contribution in [0.5, 0.6) is 0 Å². The molecule has 0 saturated heterocycles. The van der Waals surface area contributed by atoms with E-state index in [-0.39, 0.29) is 5.82 Å². The lowest BCUT2D eigenvalue weighted by molar-refractivity contribution is -0.390. The Morgan fingerprint density at radius 2 is 2.31 bits per heavy atom. The van der Waals surface area contributed by atoms with Gasteiger partial charge in [0.2, 0.25) is 0 Å². The molecular formula is C6H5Br2N3O2. The van der Waals surface area contributed by atoms with Crippen LogP contribution in [0.4, 0.5) is 5.82 Å². The number of nitrogens with zero attached hydrogens (tertiary/aromatic N) is 3. The van der Waals surface area contributed by atoms with Gasteiger partial charge in [0.25, 0.3) is 4.73 Å². The third-order valence-electron chi connectivity index (χ3n) is 1.33. The lowest BCUT2D eigenvalue weighted by Gasteiger charge is -1.96. The maximum absolute atomic E-state index is 10.4. The Kier molecular flexibility index (Phi) is 3.21. The molecule has 70 valence electrons. The summed E-state index contributed by atoms with van der Waals surface area (Å²) in [6.45, 7) is 3.99. The topological polar surface area (TPSA) is 61.0 Å². The fourth-order valence-electron chi connectivity index (χ4n) is 0.796. The van der Waals surface area contributed by atoms with Crippen molar-refractivity contribution in [2.75, 3.05) is 0 Å². The Hall–Kier alpha value is -0.690. The fraction of sp³-hybridized carbons (Fsp3) is 0.167. The quantitative estimate of drug-likeness (QED) is 0.489. The molecule has 13 heavy (non-hydrogen) atoms. The van der Waals surface area contributed by atoms with Crippen molar-refractivity contribution in [3.8, 4) is 0 Å². The molecule has 0 unspecified atom stereocenters. The summed E-state index contributed by atoms with van der Waals surface area (Å²) >= 11 is 6.19. The van der Waals surface area contributed by atoms with Crippen molar-refractivity contribution in [2.45, 2.75) is 6.54 Å². The van der Waals surface area contributed by atoms with Gasteiger partial charge in [-0.1, -0.05) is 6.08 Å². The van der Waals surface area contributed by atoms with Gasteiger partial charge in [-0.2, -0.15) is 0 Å². The second-order valence-corrected chi connectivity index (χ2v) is 3.61. The molecule has 0 aliphatic heterocycles. The van der Waals surface area contributed by atoms with Crippen molar-refractivity contribution in [3.63, 3.8) is 0 Å². The molecule has 0 aliphatic rings. The minimum Gasteiger partial charge on any atom is -0.358 e. The number of imidazole rings is 1. The van der Waals surface area contributed by atoms with E-state index in [0.29, 0.717) is 15.9 Å². The van der Waals surface area contributed by atoms with E-state index in [0.717, 1.165) is 0 Å². The zero-order valence-electron chi connectivity index (χ0n) is 6.41. The Labute approximate surface area is 90.9 Å². The first-order valence-electron chi connectivity index (χ1n) is 3.24. The van der Waals surface area contributed by atoms with Gasteiger partial charge in [-0.3, -0.25) is 4.57 Å². The van der Waals surface area contributed by atoms with Crippen LogP contribution < -0.4 is 0 Å². The first-order valence-corrected chi connectivity index (χ1v) is 4.83. The number of rotatable bonds is 3. The molecule has 0 atom stereocenters. The van der Waals surface area contributed by atoms with E-state index < -0.39 is 4.92 Å². The molecular weight excluding hydrogens is 306 g/mol. The van der Waals surface area contributed by atoms with E-state index in [9.17, 15) is 10.1 Å². The van der Waals surface area contributed by atoms with Gasteiger partial charge in [0, 0.05) is 22.5 Å². The van der Waals surface area contributed by atoms with Gasteiger partial charge in [0.1, 0.15) is 0 Å². The maximum atomic E-state index is 10.4. The van der Waals surface area contributed by atoms with Gasteiger partial charge < -0.3 is 10.1 Å². The standard InChI is InChI=1S/C6H5Br2N3O2/c1-2-3-10-4(7)5(11(12)13)9-6(10)8/h2H,1,3H2. The Morgan fingerprint density at radius 3 is 2.69 bits per heavy atom. The maximum Gasteiger partial charge on any atom is 0.397 e. The van der Waals surface area contributed by atoms with Crippen LogP contribution in [0.3, 0.4) is 0 Å². The van der Waals surface area contributed by atoms with Crippen molar-refractivity contribution in [1.29, 1.82) is 0 Å². The molecule has 0 saturated carbocycles. The summed E-state index contributed by atoms with van der Waals surface area (Å²) in [5, 5.41) is 10.4. The average Bonchev–Trinajstić information content (AvgIpc) is 2.32. The molecule has 0 radical (unpaired) electrons. The molecule has 0 spiro atoms. The highest BCUT2D eigenvalue weighted by Gasteiger charge is 2.23. The summed E-state index contributed by atoms with van der Waals surface area (Å²) in [5.41, 5.74) is 0. The van der Waals surface area contributed by atoms with Crippen LogP contribution in [-0.2, 0) is 6.54 Å². The second kappa shape index (κ2) is 4.01. The van der Waals surface area contributed by atoms with Crippen molar-refractivity contribution in [2.24, 2.45) is 0 Å². The number of hydrogen-bond donors (Lipinski definition) is 0. The van der Waals surface area contributed by atoms with E-state index in [1.165, 1.54) is 0 Å². The van der Waals surface area contributed by atoms with Gasteiger partial charge in [0.15, 0.2) is 4.60 Å². The second-order valence-electron chi connectivity index (χ2n) is 2.15. The number of allylic oxidation sites excluding steroid dienone is 1. The molecule has 0 aliphatic carbocycles. The van der Waals surface area contributed by atoms with Crippen molar-refractivity contribution < 1.29 is 4.92 Å². The fourth-order valence-corrected chi connectivity index (χ4v) is 2.07. The van der Waals surface area contributed by atoms with E-state index in [1.54, 1.807) is 10.6 Å². The number of nitro groups is 1. The van der Waals surface area contributed by atoms with Crippen LogP contribution in [0.1, 0.15) is 0 Å². The molecule has 0 N–H and O–H groups in total. The largest absolute Gasteiger partial charge is 0.397 e. The highest BCUT2D eigenvalue weighted by atomic mass is 79.9. The zero-order valence-corrected chi connectivity index (χ0v) is 9.58. The molecule has 1 rings (SSSR count). The number of aromatic nitrogens is 2. The number of hydrogen-bond acceptors (Lipinski definition) is 3. The summed E-state index contributed by atoms with van der Waals surface area (Å²) in [5.74, 6) is -0.200. The third-order valence-corrected chi connectivity index (χ3v) is 2.72. The van der Waals surface area contributed by atoms with Crippen molar-refractivity contribution in [3.05, 3.63) is 32.1 Å². The van der Waals surface area contributed by atoms with Crippen LogP contribution in [0.25, 0.3) is 0 Å². The zero-order chi connectivity index (χ0) is 10.0. The Morgan fingerprint density at radius 1 is 1.69 bits per heavy atom. The smallest absolute Gasteiger partial charge is 0.358 e. The molecule has 0 fully saturated rings. The van der Waals surface area contributed by atoms with Gasteiger partial charge >= 0.3 is 5.82 Å². The summed E-state index contributed by atoms with van der Waals surface area (Å²) in [6, 6.07) is 0. The van der Waals surface area contributed by atoms with Gasteiger partial charge in [-0.15, -0.1) is 6.58 Å². The summed E-state index contributed by atoms with van der Waals surface area (Å²) in [7, 11) is 0. The highest BCUT2D eigenvalue weighted by molar-refractivity contribution is 9.11. The lowest BCUT2D eigenvalue weighted by atomic mass is 10.6. The predicted octanol–water partition coefficient (Wildman–Crippen LogP) is 2.50. The number of halogens is 2. The van der Waals surface area contributed by atoms with Crippen molar-refractivity contribution >= 4 is 37.7 Å². The van der Waals surface area contributed by atoms with E-state index in [2.05, 4.69) is 43.4 Å². The van der Waals surface area contributed by atoms with Crippen LogP contribution in [0, 0.1) is 10.1 Å². The normalized spacial score (nSPS) is 10.0. The first-order chi connectivity index (χ1) is 6.07. The van der Waals surface area contributed by atoms with Gasteiger partial charge in [0.05, 0.1) is 0 Å². The molecule has 0 bridgehead atoms. The molecule has 0 aromatic carbocycles. The average molecular weight is 311 g/mol. The van der Waals surface area contributed by atoms with E-state index in [1.807, 2.05) is 0 Å². The highest BCUT2D eigenvalue weighted by Crippen LogP contribution is 2.27. The van der Waals surface area contributed by atoms with Crippen LogP contribution in [0.2, 0.25) is 0 Å². The monoisotopic (exact) mass is 309 g/mol. The predicted molar refractivity (Wildman–Crippen MR) is 54.5 cm³/mol. The SMILES string of the molecule is C=CCn1c(Br)nc([N+](=O)[O-])c1Br. The van der Waals surface area contributed by atoms with Crippen molar-refractivity contribution in [1.82, 2.24) is 9.55 Å². The molecule has 5 nitrogen and oxygen atoms in total. The van der Waals surface area contributed by atoms with E-state index >= 15 is 0 Å². The first kappa shape index (κ1) is 10.4. The van der Waals surface area contributed by atoms with E-state index in [4.69, 9.17) is 0 Å². The molecule has 7 heteroatoms. The lowest BCUT2D eigenvalue weighted by Crippen LogP contribution is -1.95. The molecule has 1 aromatic heterocycles. The van der Waals surface area contributed by atoms with Crippen LogP contribution >= 0.6 is 31.9 Å². The minimum absolute atomic E-state index is 0.200. The molecule has 1 aromatic rings. The van der Waals surface area contributed by atoms with Crippen LogP contribution in [0.15, 0.2) is 22.0 Å². The van der Waals surface area contributed by atoms with Crippen LogP contribution in [-0.4, -0.2) is 14.5 Å². The summed E-state index contributed by atoms with van der Waals surface area (Å²) < 4.78 is 2.33. The Bertz CT molecular complexity index is 361. The van der Waals surface area contributed by atoms with Gasteiger partial charge in [-0.05, 0) is 25.8 Å². The minimum atomic E-state index is -0.547. The van der Waals surface area contributed by atoms with Gasteiger partial charge in [-0.25, -0.2) is 0 Å². The third kappa shape index (κ3) is 1.97. The Balaban J connectivity index is 3.21. The summed E-state index contributed by atoms with van der Waals surface area (Å²) in [4.78, 5) is 13.6. The molecule has 1 heterocycles.